The van der Waals surface area contributed by atoms with Crippen molar-refractivity contribution in [1.29, 1.82) is 0 Å². The molecule has 2 heterocycles. The molecule has 0 aliphatic carbocycles. The van der Waals surface area contributed by atoms with Gasteiger partial charge in [-0.25, -0.2) is 13.8 Å². The smallest absolute Gasteiger partial charge is 0.135 e. The molecule has 23 heavy (non-hydrogen) atoms. The summed E-state index contributed by atoms with van der Waals surface area (Å²) in [5.41, 5.74) is 2.56. The van der Waals surface area contributed by atoms with E-state index in [0.717, 1.165) is 22.5 Å². The summed E-state index contributed by atoms with van der Waals surface area (Å²) >= 11 is 7.57. The summed E-state index contributed by atoms with van der Waals surface area (Å²) in [6.07, 6.45) is 0.672. The predicted molar refractivity (Wildman–Crippen MR) is 87.9 cm³/mol. The molecule has 0 saturated carbocycles. The van der Waals surface area contributed by atoms with Crippen LogP contribution in [0.25, 0.3) is 11.3 Å². The van der Waals surface area contributed by atoms with Crippen molar-refractivity contribution in [2.45, 2.75) is 26.8 Å². The Morgan fingerprint density at radius 2 is 2.04 bits per heavy atom. The Labute approximate surface area is 141 Å². The Kier molecular flexibility index (Phi) is 4.46. The Morgan fingerprint density at radius 1 is 1.26 bits per heavy atom. The molecule has 0 fully saturated rings. The van der Waals surface area contributed by atoms with Gasteiger partial charge in [0.05, 0.1) is 27.1 Å². The van der Waals surface area contributed by atoms with Crippen LogP contribution < -0.4 is 0 Å². The molecule has 0 bridgehead atoms. The van der Waals surface area contributed by atoms with Crippen LogP contribution in [0.15, 0.2) is 23.6 Å². The van der Waals surface area contributed by atoms with Crippen LogP contribution in [0.5, 0.6) is 0 Å². The number of rotatable bonds is 4. The van der Waals surface area contributed by atoms with Gasteiger partial charge in [-0.2, -0.15) is 5.10 Å². The molecule has 1 aromatic carbocycles. The number of aromatic nitrogens is 3. The zero-order valence-electron chi connectivity index (χ0n) is 12.6. The van der Waals surface area contributed by atoms with Crippen molar-refractivity contribution in [1.82, 2.24) is 14.8 Å². The molecule has 2 aromatic heterocycles. The molecule has 0 radical (unpaired) electrons. The highest BCUT2D eigenvalue weighted by atomic mass is 35.5. The van der Waals surface area contributed by atoms with Gasteiger partial charge in [0.25, 0.3) is 0 Å². The zero-order valence-corrected chi connectivity index (χ0v) is 14.2. The molecule has 3 nitrogen and oxygen atoms in total. The van der Waals surface area contributed by atoms with Crippen molar-refractivity contribution in [2.75, 3.05) is 0 Å². The van der Waals surface area contributed by atoms with Crippen LogP contribution >= 0.6 is 22.9 Å². The monoisotopic (exact) mass is 353 g/mol. The molecule has 0 aliphatic rings. The first-order valence-electron chi connectivity index (χ1n) is 7.05. The van der Waals surface area contributed by atoms with Crippen LogP contribution in [0.4, 0.5) is 8.78 Å². The summed E-state index contributed by atoms with van der Waals surface area (Å²) in [7, 11) is 0. The number of hydrogen-bond acceptors (Lipinski definition) is 3. The molecule has 7 heteroatoms. The maximum atomic E-state index is 13.8. The molecule has 0 atom stereocenters. The number of halogens is 3. The molecule has 0 unspecified atom stereocenters. The van der Waals surface area contributed by atoms with Gasteiger partial charge < -0.3 is 0 Å². The van der Waals surface area contributed by atoms with Gasteiger partial charge in [0.15, 0.2) is 0 Å². The van der Waals surface area contributed by atoms with E-state index in [-0.39, 0.29) is 0 Å². The van der Waals surface area contributed by atoms with Crippen molar-refractivity contribution in [3.05, 3.63) is 56.6 Å². The SMILES string of the molecule is Cc1nn(CCc2nc(-c3ccc(F)cc3F)cs2)c(C)c1Cl. The Morgan fingerprint density at radius 3 is 2.70 bits per heavy atom. The van der Waals surface area contributed by atoms with E-state index >= 15 is 0 Å². The highest BCUT2D eigenvalue weighted by molar-refractivity contribution is 7.09. The van der Waals surface area contributed by atoms with Crippen LogP contribution in [0.3, 0.4) is 0 Å². The van der Waals surface area contributed by atoms with Gasteiger partial charge in [0.1, 0.15) is 11.6 Å². The summed E-state index contributed by atoms with van der Waals surface area (Å²) < 4.78 is 28.6. The van der Waals surface area contributed by atoms with E-state index in [0.29, 0.717) is 29.2 Å². The molecule has 0 aliphatic heterocycles. The molecule has 3 rings (SSSR count). The minimum Gasteiger partial charge on any atom is -0.268 e. The second-order valence-corrected chi connectivity index (χ2v) is 6.53. The Bertz CT molecular complexity index is 857. The third-order valence-electron chi connectivity index (χ3n) is 3.59. The number of thiazole rings is 1. The minimum absolute atomic E-state index is 0.308. The lowest BCUT2D eigenvalue weighted by molar-refractivity contribution is 0.585. The minimum atomic E-state index is -0.604. The second kappa shape index (κ2) is 6.37. The lowest BCUT2D eigenvalue weighted by Gasteiger charge is -2.02. The van der Waals surface area contributed by atoms with Crippen molar-refractivity contribution >= 4 is 22.9 Å². The van der Waals surface area contributed by atoms with E-state index < -0.39 is 11.6 Å². The Balaban J connectivity index is 1.76. The molecular formula is C16H14ClF2N3S. The standard InChI is InChI=1S/C16H14ClF2N3S/c1-9-16(17)10(2)22(21-9)6-5-15-20-14(8-23-15)12-4-3-11(18)7-13(12)19/h3-4,7-8H,5-6H2,1-2H3. The maximum absolute atomic E-state index is 13.8. The van der Waals surface area contributed by atoms with Crippen LogP contribution in [-0.4, -0.2) is 14.8 Å². The summed E-state index contributed by atoms with van der Waals surface area (Å²) in [6, 6.07) is 3.51. The number of aryl methyl sites for hydroxylation is 3. The van der Waals surface area contributed by atoms with Crippen LogP contribution in [-0.2, 0) is 13.0 Å². The lowest BCUT2D eigenvalue weighted by atomic mass is 10.1. The van der Waals surface area contributed by atoms with Crippen LogP contribution in [0.1, 0.15) is 16.4 Å². The van der Waals surface area contributed by atoms with Crippen LogP contribution in [0.2, 0.25) is 5.02 Å². The topological polar surface area (TPSA) is 30.7 Å². The fourth-order valence-electron chi connectivity index (χ4n) is 2.34. The van der Waals surface area contributed by atoms with E-state index in [2.05, 4.69) is 10.1 Å². The van der Waals surface area contributed by atoms with E-state index in [4.69, 9.17) is 11.6 Å². The summed E-state index contributed by atoms with van der Waals surface area (Å²) in [5, 5.41) is 7.70. The highest BCUT2D eigenvalue weighted by Crippen LogP contribution is 2.26. The van der Waals surface area contributed by atoms with Crippen molar-refractivity contribution in [3.8, 4) is 11.3 Å². The number of hydrogen-bond donors (Lipinski definition) is 0. The normalized spacial score (nSPS) is 11.2. The first-order chi connectivity index (χ1) is 11.0. The van der Waals surface area contributed by atoms with E-state index in [9.17, 15) is 8.78 Å². The molecular weight excluding hydrogens is 340 g/mol. The zero-order chi connectivity index (χ0) is 16.6. The second-order valence-electron chi connectivity index (χ2n) is 5.21. The lowest BCUT2D eigenvalue weighted by Crippen LogP contribution is -2.05. The summed E-state index contributed by atoms with van der Waals surface area (Å²) in [5.74, 6) is -1.20. The van der Waals surface area contributed by atoms with Gasteiger partial charge in [-0.3, -0.25) is 4.68 Å². The van der Waals surface area contributed by atoms with Gasteiger partial charge in [-0.05, 0) is 26.0 Å². The average Bonchev–Trinajstić information content (AvgIpc) is 3.06. The molecule has 3 aromatic rings. The average molecular weight is 354 g/mol. The van der Waals surface area contributed by atoms with Gasteiger partial charge >= 0.3 is 0 Å². The molecule has 0 amide bonds. The van der Waals surface area contributed by atoms with Crippen molar-refractivity contribution in [3.63, 3.8) is 0 Å². The van der Waals surface area contributed by atoms with Crippen molar-refractivity contribution in [2.24, 2.45) is 0 Å². The maximum Gasteiger partial charge on any atom is 0.135 e. The van der Waals surface area contributed by atoms with Gasteiger partial charge in [-0.1, -0.05) is 11.6 Å². The third-order valence-corrected chi connectivity index (χ3v) is 5.05. The molecule has 0 N–H and O–H groups in total. The number of nitrogens with zero attached hydrogens (tertiary/aromatic N) is 3. The summed E-state index contributed by atoms with van der Waals surface area (Å²) in [4.78, 5) is 4.43. The quantitative estimate of drug-likeness (QED) is 0.674. The third kappa shape index (κ3) is 3.28. The Hall–Kier alpha value is -1.79. The van der Waals surface area contributed by atoms with E-state index in [1.807, 2.05) is 18.5 Å². The highest BCUT2D eigenvalue weighted by Gasteiger charge is 2.12. The van der Waals surface area contributed by atoms with E-state index in [1.54, 1.807) is 5.38 Å². The van der Waals surface area contributed by atoms with Gasteiger partial charge in [0.2, 0.25) is 0 Å². The van der Waals surface area contributed by atoms with Crippen molar-refractivity contribution < 1.29 is 8.78 Å². The predicted octanol–water partition coefficient (Wildman–Crippen LogP) is 4.80. The molecule has 0 spiro atoms. The number of benzene rings is 1. The fraction of sp³-hybridized carbons (Fsp3) is 0.250. The molecule has 120 valence electrons. The fourth-order valence-corrected chi connectivity index (χ4v) is 3.26. The van der Waals surface area contributed by atoms with Crippen LogP contribution in [0, 0.1) is 25.5 Å². The largest absolute Gasteiger partial charge is 0.268 e. The van der Waals surface area contributed by atoms with Gasteiger partial charge in [-0.15, -0.1) is 11.3 Å². The first kappa shape index (κ1) is 16.1. The first-order valence-corrected chi connectivity index (χ1v) is 8.31. The molecule has 0 saturated heterocycles. The summed E-state index contributed by atoms with van der Waals surface area (Å²) in [6.45, 7) is 4.44. The van der Waals surface area contributed by atoms with Gasteiger partial charge in [0, 0.05) is 30.0 Å². The van der Waals surface area contributed by atoms with E-state index in [1.165, 1.54) is 23.5 Å².